The third-order valence-corrected chi connectivity index (χ3v) is 1.34. The first-order valence-electron chi connectivity index (χ1n) is 4.40. The summed E-state index contributed by atoms with van der Waals surface area (Å²) in [4.78, 5) is 11.2. The molecule has 0 rings (SSSR count). The van der Waals surface area contributed by atoms with E-state index in [4.69, 9.17) is 0 Å². The lowest BCUT2D eigenvalue weighted by molar-refractivity contribution is 0.247. The molecule has 0 saturated heterocycles. The van der Waals surface area contributed by atoms with Gasteiger partial charge in [-0.05, 0) is 12.2 Å². The Hall–Kier alpha value is -1.75. The molecule has 0 fully saturated rings. The molecule has 0 spiro atoms. The summed E-state index contributed by atoms with van der Waals surface area (Å²) in [7, 11) is 1.66. The highest BCUT2D eigenvalue weighted by molar-refractivity contribution is 6.29. The van der Waals surface area contributed by atoms with Crippen molar-refractivity contribution in [3.8, 4) is 0 Å². The molecular weight excluding hydrogens is 191 g/mol. The van der Waals surface area contributed by atoms with Crippen molar-refractivity contribution in [3.05, 3.63) is 49.2 Å². The lowest BCUT2D eigenvalue weighted by Crippen LogP contribution is -2.37. The van der Waals surface area contributed by atoms with Crippen LogP contribution in [0.2, 0.25) is 0 Å². The molecule has 0 aliphatic heterocycles. The standard InChI is InChI=1S/C10H15BN2O2/c1-4-6-8-9(7-5-2)12-10(14)13-11-15-3/h4-8,11H,1-2H2,3H3,(H2,12,13,14)/b8-6-,9-7+. The van der Waals surface area contributed by atoms with E-state index in [1.165, 1.54) is 7.11 Å². The number of amides is 2. The molecule has 0 heterocycles. The van der Waals surface area contributed by atoms with Gasteiger partial charge in [0.1, 0.15) is 0 Å². The van der Waals surface area contributed by atoms with Crippen molar-refractivity contribution in [3.63, 3.8) is 0 Å². The predicted octanol–water partition coefficient (Wildman–Crippen LogP) is 1.01. The maximum absolute atomic E-state index is 11.2. The number of urea groups is 1. The van der Waals surface area contributed by atoms with Crippen LogP contribution in [0.15, 0.2) is 49.2 Å². The van der Waals surface area contributed by atoms with Gasteiger partial charge in [-0.25, -0.2) is 4.79 Å². The normalized spacial score (nSPS) is 10.9. The van der Waals surface area contributed by atoms with Crippen molar-refractivity contribution in [1.82, 2.24) is 10.5 Å². The Morgan fingerprint density at radius 2 is 2.13 bits per heavy atom. The molecule has 0 aliphatic rings. The second kappa shape index (κ2) is 8.84. The summed E-state index contributed by atoms with van der Waals surface area (Å²) < 4.78 is 4.69. The van der Waals surface area contributed by atoms with E-state index in [1.54, 1.807) is 30.4 Å². The van der Waals surface area contributed by atoms with E-state index in [9.17, 15) is 4.79 Å². The molecule has 0 saturated carbocycles. The van der Waals surface area contributed by atoms with Gasteiger partial charge in [0, 0.05) is 12.8 Å². The smallest absolute Gasteiger partial charge is 0.397 e. The summed E-state index contributed by atoms with van der Waals surface area (Å²) >= 11 is 0. The van der Waals surface area contributed by atoms with Crippen molar-refractivity contribution in [2.45, 2.75) is 0 Å². The van der Waals surface area contributed by atoms with Gasteiger partial charge in [0.05, 0.1) is 0 Å². The number of rotatable bonds is 6. The Morgan fingerprint density at radius 3 is 2.67 bits per heavy atom. The van der Waals surface area contributed by atoms with Gasteiger partial charge < -0.3 is 15.2 Å². The van der Waals surface area contributed by atoms with Crippen molar-refractivity contribution < 1.29 is 9.45 Å². The molecule has 0 aliphatic carbocycles. The maximum atomic E-state index is 11.2. The monoisotopic (exact) mass is 206 g/mol. The Bertz CT molecular complexity index is 285. The Kier molecular flexibility index (Phi) is 7.81. The van der Waals surface area contributed by atoms with Crippen molar-refractivity contribution in [2.75, 3.05) is 7.11 Å². The molecular formula is C10H15BN2O2. The van der Waals surface area contributed by atoms with Crippen LogP contribution < -0.4 is 10.5 Å². The molecule has 15 heavy (non-hydrogen) atoms. The van der Waals surface area contributed by atoms with Crippen LogP contribution in [-0.4, -0.2) is 20.8 Å². The van der Waals surface area contributed by atoms with Crippen LogP contribution in [-0.2, 0) is 4.65 Å². The second-order valence-electron chi connectivity index (χ2n) is 2.52. The van der Waals surface area contributed by atoms with Gasteiger partial charge in [0.25, 0.3) is 0 Å². The van der Waals surface area contributed by atoms with E-state index in [2.05, 4.69) is 28.4 Å². The molecule has 0 aromatic heterocycles. The van der Waals surface area contributed by atoms with E-state index >= 15 is 0 Å². The zero-order valence-corrected chi connectivity index (χ0v) is 8.82. The van der Waals surface area contributed by atoms with Crippen molar-refractivity contribution in [2.24, 2.45) is 0 Å². The van der Waals surface area contributed by atoms with E-state index in [0.29, 0.717) is 5.70 Å². The first-order valence-corrected chi connectivity index (χ1v) is 4.40. The van der Waals surface area contributed by atoms with Crippen LogP contribution in [0.4, 0.5) is 4.79 Å². The summed E-state index contributed by atoms with van der Waals surface area (Å²) in [5.74, 6) is 0. The molecule has 0 bridgehead atoms. The van der Waals surface area contributed by atoms with Gasteiger partial charge in [-0.15, -0.1) is 0 Å². The molecule has 0 aromatic rings. The summed E-state index contributed by atoms with van der Waals surface area (Å²) in [6, 6.07) is -0.335. The molecule has 80 valence electrons. The van der Waals surface area contributed by atoms with Crippen molar-refractivity contribution >= 4 is 13.6 Å². The summed E-state index contributed by atoms with van der Waals surface area (Å²) in [6.07, 6.45) is 8.30. The minimum Gasteiger partial charge on any atom is -0.422 e. The second-order valence-corrected chi connectivity index (χ2v) is 2.52. The predicted molar refractivity (Wildman–Crippen MR) is 63.4 cm³/mol. The van der Waals surface area contributed by atoms with Gasteiger partial charge in [-0.3, -0.25) is 0 Å². The Labute approximate surface area is 90.7 Å². The molecule has 4 nitrogen and oxygen atoms in total. The van der Waals surface area contributed by atoms with Crippen LogP contribution in [0, 0.1) is 0 Å². The van der Waals surface area contributed by atoms with Gasteiger partial charge in [0.15, 0.2) is 0 Å². The van der Waals surface area contributed by atoms with E-state index < -0.39 is 0 Å². The summed E-state index contributed by atoms with van der Waals surface area (Å²) in [5, 5.41) is 5.10. The first kappa shape index (κ1) is 13.3. The van der Waals surface area contributed by atoms with Gasteiger partial charge in [-0.1, -0.05) is 31.4 Å². The highest BCUT2D eigenvalue weighted by Crippen LogP contribution is 1.92. The van der Waals surface area contributed by atoms with Crippen LogP contribution >= 0.6 is 0 Å². The van der Waals surface area contributed by atoms with Crippen LogP contribution in [0.3, 0.4) is 0 Å². The fraction of sp³-hybridized carbons (Fsp3) is 0.100. The summed E-state index contributed by atoms with van der Waals surface area (Å²) in [6.45, 7) is 7.08. The Balaban J connectivity index is 4.22. The SMILES string of the molecule is C=C/C=C\C(=C/C=C)NC(=O)NBOC. The van der Waals surface area contributed by atoms with Crippen LogP contribution in [0.25, 0.3) is 0 Å². The molecule has 5 heteroatoms. The zero-order valence-electron chi connectivity index (χ0n) is 8.82. The fourth-order valence-electron chi connectivity index (χ4n) is 0.751. The van der Waals surface area contributed by atoms with Crippen LogP contribution in [0.5, 0.6) is 0 Å². The highest BCUT2D eigenvalue weighted by atomic mass is 16.4. The first-order chi connectivity index (χ1) is 7.24. The quantitative estimate of drug-likeness (QED) is 0.503. The average molecular weight is 206 g/mol. The number of allylic oxidation sites excluding steroid dienone is 5. The number of carbonyl (C=O) groups is 1. The minimum absolute atomic E-state index is 0.165. The molecule has 0 atom stereocenters. The molecule has 0 aromatic carbocycles. The number of carbonyl (C=O) groups excluding carboxylic acids is 1. The Morgan fingerprint density at radius 1 is 1.40 bits per heavy atom. The summed E-state index contributed by atoms with van der Waals surface area (Å²) in [5.41, 5.74) is 0.624. The lowest BCUT2D eigenvalue weighted by Gasteiger charge is -2.05. The van der Waals surface area contributed by atoms with E-state index in [1.807, 2.05) is 0 Å². The fourth-order valence-corrected chi connectivity index (χ4v) is 0.751. The number of hydrogen-bond donors (Lipinski definition) is 2. The average Bonchev–Trinajstić information content (AvgIpc) is 2.23. The van der Waals surface area contributed by atoms with Gasteiger partial charge >= 0.3 is 13.6 Å². The van der Waals surface area contributed by atoms with Crippen LogP contribution in [0.1, 0.15) is 0 Å². The van der Waals surface area contributed by atoms with E-state index in [0.717, 1.165) is 0 Å². The number of nitrogens with one attached hydrogen (secondary N) is 2. The van der Waals surface area contributed by atoms with Gasteiger partial charge in [0.2, 0.25) is 0 Å². The molecule has 2 N–H and O–H groups in total. The maximum Gasteiger partial charge on any atom is 0.397 e. The third kappa shape index (κ3) is 7.34. The highest BCUT2D eigenvalue weighted by Gasteiger charge is 2.00. The molecule has 0 unspecified atom stereocenters. The van der Waals surface area contributed by atoms with Gasteiger partial charge in [-0.2, -0.15) is 0 Å². The third-order valence-electron chi connectivity index (χ3n) is 1.34. The zero-order chi connectivity index (χ0) is 11.5. The lowest BCUT2D eigenvalue weighted by atomic mass is 10.3. The van der Waals surface area contributed by atoms with Crippen molar-refractivity contribution in [1.29, 1.82) is 0 Å². The minimum atomic E-state index is -0.335. The molecule has 0 radical (unpaired) electrons. The largest absolute Gasteiger partial charge is 0.422 e. The topological polar surface area (TPSA) is 50.4 Å². The number of hydrogen-bond acceptors (Lipinski definition) is 2. The molecule has 2 amide bonds. The van der Waals surface area contributed by atoms with E-state index in [-0.39, 0.29) is 13.6 Å².